The van der Waals surface area contributed by atoms with Crippen molar-refractivity contribution in [2.45, 2.75) is 0 Å². The number of aromatic nitrogens is 2. The molecule has 0 atom stereocenters. The molecule has 0 radical (unpaired) electrons. The lowest BCUT2D eigenvalue weighted by Crippen LogP contribution is -2.11. The Morgan fingerprint density at radius 1 is 1.50 bits per heavy atom. The molecule has 0 unspecified atom stereocenters. The minimum atomic E-state index is -1.12. The zero-order valence-corrected chi connectivity index (χ0v) is 7.89. The number of hydrogen-bond donors (Lipinski definition) is 2. The van der Waals surface area contributed by atoms with Crippen LogP contribution in [0.5, 0.6) is 0 Å². The number of carboxylic acid groups (broad SMARTS) is 1. The minimum absolute atomic E-state index is 0.00417. The number of nitrogens with one attached hydrogen (secondary N) is 1. The maximum Gasteiger partial charge on any atom is 0.335 e. The number of aromatic amines is 1. The second kappa shape index (κ2) is 3.47. The lowest BCUT2D eigenvalue weighted by Gasteiger charge is -1.98. The van der Waals surface area contributed by atoms with Crippen LogP contribution < -0.4 is 5.56 Å². The van der Waals surface area contributed by atoms with Gasteiger partial charge in [-0.15, -0.1) is 0 Å². The number of H-pyrrole nitrogens is 1. The van der Waals surface area contributed by atoms with E-state index in [1.165, 1.54) is 18.2 Å². The van der Waals surface area contributed by atoms with E-state index in [0.29, 0.717) is 5.52 Å². The van der Waals surface area contributed by atoms with E-state index in [9.17, 15) is 9.59 Å². The number of fused-ring (bicyclic) bond motifs is 1. The van der Waals surface area contributed by atoms with E-state index in [-0.39, 0.29) is 16.8 Å². The largest absolute Gasteiger partial charge is 0.478 e. The van der Waals surface area contributed by atoms with Crippen molar-refractivity contribution in [2.75, 3.05) is 0 Å². The summed E-state index contributed by atoms with van der Waals surface area (Å²) >= 11 is 0. The Morgan fingerprint density at radius 2 is 2.25 bits per heavy atom. The molecule has 0 aliphatic rings. The summed E-state index contributed by atoms with van der Waals surface area (Å²) in [4.78, 5) is 28.3. The van der Waals surface area contributed by atoms with E-state index in [0.717, 1.165) is 0 Å². The topological polar surface area (TPSA) is 107 Å². The van der Waals surface area contributed by atoms with Gasteiger partial charge in [-0.25, -0.2) is 9.78 Å². The average molecular weight is 215 g/mol. The highest BCUT2D eigenvalue weighted by molar-refractivity contribution is 5.92. The predicted octanol–water partition coefficient (Wildman–Crippen LogP) is 0.493. The van der Waals surface area contributed by atoms with Crippen molar-refractivity contribution in [1.29, 1.82) is 5.26 Å². The molecule has 2 aromatic rings. The van der Waals surface area contributed by atoms with Gasteiger partial charge in [0, 0.05) is 0 Å². The summed E-state index contributed by atoms with van der Waals surface area (Å²) in [6, 6.07) is 5.67. The fraction of sp³-hybridized carbons (Fsp3) is 0. The quantitative estimate of drug-likeness (QED) is 0.719. The lowest BCUT2D eigenvalue weighted by molar-refractivity contribution is 0.0697. The Kier molecular flexibility index (Phi) is 2.14. The fourth-order valence-electron chi connectivity index (χ4n) is 1.32. The maximum absolute atomic E-state index is 11.5. The zero-order valence-electron chi connectivity index (χ0n) is 7.89. The zero-order chi connectivity index (χ0) is 11.7. The van der Waals surface area contributed by atoms with Crippen LogP contribution >= 0.6 is 0 Å². The van der Waals surface area contributed by atoms with E-state index >= 15 is 0 Å². The summed E-state index contributed by atoms with van der Waals surface area (Å²) in [5.41, 5.74) is -0.223. The maximum atomic E-state index is 11.5. The molecule has 0 spiro atoms. The van der Waals surface area contributed by atoms with E-state index in [2.05, 4.69) is 9.97 Å². The van der Waals surface area contributed by atoms with Gasteiger partial charge in [0.05, 0.1) is 16.5 Å². The smallest absolute Gasteiger partial charge is 0.335 e. The van der Waals surface area contributed by atoms with Gasteiger partial charge in [0.1, 0.15) is 6.07 Å². The highest BCUT2D eigenvalue weighted by Gasteiger charge is 2.07. The second-order valence-electron chi connectivity index (χ2n) is 3.06. The van der Waals surface area contributed by atoms with Crippen LogP contribution in [0.2, 0.25) is 0 Å². The molecule has 0 amide bonds. The van der Waals surface area contributed by atoms with Gasteiger partial charge in [-0.2, -0.15) is 5.26 Å². The molecule has 1 heterocycles. The van der Waals surface area contributed by atoms with Crippen LogP contribution in [0.3, 0.4) is 0 Å². The van der Waals surface area contributed by atoms with Gasteiger partial charge in [0.25, 0.3) is 5.56 Å². The van der Waals surface area contributed by atoms with E-state index in [4.69, 9.17) is 10.4 Å². The third-order valence-corrected chi connectivity index (χ3v) is 2.06. The molecule has 1 aromatic carbocycles. The molecule has 16 heavy (non-hydrogen) atoms. The van der Waals surface area contributed by atoms with Crippen molar-refractivity contribution in [3.8, 4) is 6.07 Å². The molecule has 2 N–H and O–H groups in total. The molecule has 0 aliphatic carbocycles. The van der Waals surface area contributed by atoms with Crippen molar-refractivity contribution in [2.24, 2.45) is 0 Å². The number of benzene rings is 1. The Labute approximate surface area is 88.8 Å². The average Bonchev–Trinajstić information content (AvgIpc) is 2.28. The van der Waals surface area contributed by atoms with Gasteiger partial charge in [0.2, 0.25) is 5.82 Å². The summed E-state index contributed by atoms with van der Waals surface area (Å²) in [7, 11) is 0. The van der Waals surface area contributed by atoms with Gasteiger partial charge >= 0.3 is 5.97 Å². The first-order valence-corrected chi connectivity index (χ1v) is 4.29. The monoisotopic (exact) mass is 215 g/mol. The van der Waals surface area contributed by atoms with Gasteiger partial charge in [-0.05, 0) is 18.2 Å². The van der Waals surface area contributed by atoms with Crippen LogP contribution in [0.15, 0.2) is 23.0 Å². The van der Waals surface area contributed by atoms with Crippen LogP contribution in [-0.4, -0.2) is 21.0 Å². The minimum Gasteiger partial charge on any atom is -0.478 e. The number of nitrogens with zero attached hydrogens (tertiary/aromatic N) is 2. The number of carbonyl (C=O) groups is 1. The third kappa shape index (κ3) is 1.50. The summed E-state index contributed by atoms with van der Waals surface area (Å²) < 4.78 is 0. The number of hydrogen-bond acceptors (Lipinski definition) is 4. The lowest BCUT2D eigenvalue weighted by atomic mass is 10.1. The Balaban J connectivity index is 2.82. The van der Waals surface area contributed by atoms with Gasteiger partial charge in [0.15, 0.2) is 0 Å². The SMILES string of the molecule is N#Cc1nc2ccc(C(=O)O)cc2c(=O)[nH]1. The molecule has 0 fully saturated rings. The molecule has 0 saturated heterocycles. The van der Waals surface area contributed by atoms with Crippen LogP contribution in [0, 0.1) is 11.3 Å². The molecule has 78 valence electrons. The summed E-state index contributed by atoms with van der Waals surface area (Å²) in [6.07, 6.45) is 0. The number of rotatable bonds is 1. The second-order valence-corrected chi connectivity index (χ2v) is 3.06. The summed E-state index contributed by atoms with van der Waals surface area (Å²) in [6.45, 7) is 0. The van der Waals surface area contributed by atoms with E-state index in [1.54, 1.807) is 6.07 Å². The third-order valence-electron chi connectivity index (χ3n) is 2.06. The van der Waals surface area contributed by atoms with Crippen molar-refractivity contribution in [1.82, 2.24) is 9.97 Å². The first-order valence-electron chi connectivity index (χ1n) is 4.29. The predicted molar refractivity (Wildman–Crippen MR) is 54.0 cm³/mol. The fourth-order valence-corrected chi connectivity index (χ4v) is 1.32. The van der Waals surface area contributed by atoms with Crippen LogP contribution in [0.1, 0.15) is 16.2 Å². The Bertz CT molecular complexity index is 682. The van der Waals surface area contributed by atoms with Crippen LogP contribution in [-0.2, 0) is 0 Å². The molecule has 2 rings (SSSR count). The van der Waals surface area contributed by atoms with Gasteiger partial charge in [-0.1, -0.05) is 0 Å². The molecule has 0 saturated carbocycles. The first kappa shape index (κ1) is 9.86. The Hall–Kier alpha value is -2.68. The van der Waals surface area contributed by atoms with Crippen LogP contribution in [0.25, 0.3) is 10.9 Å². The van der Waals surface area contributed by atoms with Gasteiger partial charge in [-0.3, -0.25) is 9.78 Å². The Morgan fingerprint density at radius 3 is 2.88 bits per heavy atom. The van der Waals surface area contributed by atoms with E-state index < -0.39 is 11.5 Å². The highest BCUT2D eigenvalue weighted by Crippen LogP contribution is 2.10. The number of carboxylic acids is 1. The molecular weight excluding hydrogens is 210 g/mol. The van der Waals surface area contributed by atoms with Crippen molar-refractivity contribution < 1.29 is 9.90 Å². The van der Waals surface area contributed by atoms with Crippen molar-refractivity contribution in [3.63, 3.8) is 0 Å². The number of aromatic carboxylic acids is 1. The normalized spacial score (nSPS) is 9.94. The summed E-state index contributed by atoms with van der Waals surface area (Å²) in [5.74, 6) is -1.22. The molecule has 0 aliphatic heterocycles. The molecule has 0 bridgehead atoms. The molecule has 6 nitrogen and oxygen atoms in total. The van der Waals surface area contributed by atoms with E-state index in [1.807, 2.05) is 0 Å². The summed E-state index contributed by atoms with van der Waals surface area (Å²) in [5, 5.41) is 17.5. The van der Waals surface area contributed by atoms with Crippen molar-refractivity contribution >= 4 is 16.9 Å². The molecule has 6 heteroatoms. The van der Waals surface area contributed by atoms with Crippen molar-refractivity contribution in [3.05, 3.63) is 39.9 Å². The highest BCUT2D eigenvalue weighted by atomic mass is 16.4. The molecule has 1 aromatic heterocycles. The van der Waals surface area contributed by atoms with Crippen LogP contribution in [0.4, 0.5) is 0 Å². The standard InChI is InChI=1S/C10H5N3O3/c11-4-8-12-7-2-1-5(10(15)16)3-6(7)9(14)13-8/h1-3H,(H,15,16)(H,12,13,14). The molecular formula is C10H5N3O3. The first-order chi connectivity index (χ1) is 7.61. The van der Waals surface area contributed by atoms with Gasteiger partial charge < -0.3 is 5.11 Å². The number of nitriles is 1.